The Hall–Kier alpha value is -1.72. The van der Waals surface area contributed by atoms with Gasteiger partial charge in [-0.3, -0.25) is 0 Å². The SMILES string of the molecule is OCc1cnc(Oc2ccc(F)cc2Cl)nc1. The van der Waals surface area contributed by atoms with Crippen LogP contribution in [0.1, 0.15) is 5.56 Å². The summed E-state index contributed by atoms with van der Waals surface area (Å²) in [5, 5.41) is 8.95. The van der Waals surface area contributed by atoms with Crippen LogP contribution in [0.4, 0.5) is 4.39 Å². The van der Waals surface area contributed by atoms with Crippen molar-refractivity contribution < 1.29 is 14.2 Å². The third kappa shape index (κ3) is 2.89. The van der Waals surface area contributed by atoms with E-state index in [9.17, 15) is 4.39 Å². The molecule has 17 heavy (non-hydrogen) atoms. The molecule has 0 bridgehead atoms. The van der Waals surface area contributed by atoms with Gasteiger partial charge >= 0.3 is 6.01 Å². The van der Waals surface area contributed by atoms with Crippen molar-refractivity contribution >= 4 is 11.6 Å². The van der Waals surface area contributed by atoms with Crippen LogP contribution in [-0.4, -0.2) is 15.1 Å². The van der Waals surface area contributed by atoms with Crippen LogP contribution < -0.4 is 4.74 Å². The van der Waals surface area contributed by atoms with Gasteiger partial charge < -0.3 is 9.84 Å². The number of benzene rings is 1. The van der Waals surface area contributed by atoms with Gasteiger partial charge in [0, 0.05) is 18.0 Å². The quantitative estimate of drug-likeness (QED) is 0.915. The van der Waals surface area contributed by atoms with Gasteiger partial charge in [-0.05, 0) is 18.2 Å². The molecular formula is C11H8ClFN2O2. The van der Waals surface area contributed by atoms with Crippen molar-refractivity contribution in [3.63, 3.8) is 0 Å². The Bertz CT molecular complexity index is 519. The summed E-state index contributed by atoms with van der Waals surface area (Å²) in [4.78, 5) is 7.73. The van der Waals surface area contributed by atoms with Gasteiger partial charge in [0.05, 0.1) is 11.6 Å². The Kier molecular flexibility index (Phi) is 3.51. The molecule has 0 spiro atoms. The molecule has 6 heteroatoms. The van der Waals surface area contributed by atoms with E-state index in [4.69, 9.17) is 21.4 Å². The summed E-state index contributed by atoms with van der Waals surface area (Å²) < 4.78 is 18.0. The Morgan fingerprint density at radius 3 is 2.59 bits per heavy atom. The average molecular weight is 255 g/mol. The van der Waals surface area contributed by atoms with Gasteiger partial charge in [0.1, 0.15) is 11.6 Å². The zero-order valence-corrected chi connectivity index (χ0v) is 9.36. The van der Waals surface area contributed by atoms with Gasteiger partial charge in [0.15, 0.2) is 0 Å². The first-order chi connectivity index (χ1) is 8.19. The van der Waals surface area contributed by atoms with Gasteiger partial charge in [0.2, 0.25) is 0 Å². The smallest absolute Gasteiger partial charge is 0.321 e. The van der Waals surface area contributed by atoms with E-state index in [0.29, 0.717) is 5.56 Å². The minimum absolute atomic E-state index is 0.0794. The fraction of sp³-hybridized carbons (Fsp3) is 0.0909. The summed E-state index contributed by atoms with van der Waals surface area (Å²) in [5.74, 6) is -0.177. The number of rotatable bonds is 3. The Balaban J connectivity index is 2.19. The molecule has 1 aromatic carbocycles. The van der Waals surface area contributed by atoms with Crippen molar-refractivity contribution in [2.45, 2.75) is 6.61 Å². The standard InChI is InChI=1S/C11H8ClFN2O2/c12-9-3-8(13)1-2-10(9)17-11-14-4-7(6-16)5-15-11/h1-5,16H,6H2. The molecule has 0 atom stereocenters. The highest BCUT2D eigenvalue weighted by Gasteiger charge is 2.06. The molecule has 1 N–H and O–H groups in total. The lowest BCUT2D eigenvalue weighted by Gasteiger charge is -2.05. The minimum Gasteiger partial charge on any atom is -0.423 e. The van der Waals surface area contributed by atoms with E-state index in [1.165, 1.54) is 24.5 Å². The van der Waals surface area contributed by atoms with Crippen molar-refractivity contribution in [2.75, 3.05) is 0 Å². The first-order valence-corrected chi connectivity index (χ1v) is 5.11. The van der Waals surface area contributed by atoms with E-state index in [0.717, 1.165) is 6.07 Å². The van der Waals surface area contributed by atoms with Crippen LogP contribution in [0, 0.1) is 5.82 Å². The maximum Gasteiger partial charge on any atom is 0.321 e. The molecule has 1 aromatic heterocycles. The summed E-state index contributed by atoms with van der Waals surface area (Å²) in [6.07, 6.45) is 2.86. The lowest BCUT2D eigenvalue weighted by molar-refractivity contribution is 0.280. The lowest BCUT2D eigenvalue weighted by atomic mass is 10.3. The molecule has 0 aliphatic heterocycles. The number of hydrogen-bond donors (Lipinski definition) is 1. The number of nitrogens with zero attached hydrogens (tertiary/aromatic N) is 2. The molecule has 0 saturated heterocycles. The monoisotopic (exact) mass is 254 g/mol. The summed E-state index contributed by atoms with van der Waals surface area (Å²) in [6.45, 7) is -0.141. The molecule has 0 radical (unpaired) electrons. The maximum absolute atomic E-state index is 12.8. The van der Waals surface area contributed by atoms with E-state index in [1.54, 1.807) is 0 Å². The van der Waals surface area contributed by atoms with E-state index >= 15 is 0 Å². The average Bonchev–Trinajstić information content (AvgIpc) is 2.34. The van der Waals surface area contributed by atoms with Gasteiger partial charge in [-0.15, -0.1) is 0 Å². The van der Waals surface area contributed by atoms with E-state index in [2.05, 4.69) is 9.97 Å². The fourth-order valence-corrected chi connectivity index (χ4v) is 1.34. The summed E-state index contributed by atoms with van der Waals surface area (Å²) in [5.41, 5.74) is 0.572. The van der Waals surface area contributed by atoms with Crippen LogP contribution in [0.3, 0.4) is 0 Å². The van der Waals surface area contributed by atoms with Crippen molar-refractivity contribution in [3.8, 4) is 11.8 Å². The molecule has 0 saturated carbocycles. The second-order valence-corrected chi connectivity index (χ2v) is 3.62. The predicted molar refractivity (Wildman–Crippen MR) is 59.4 cm³/mol. The summed E-state index contributed by atoms with van der Waals surface area (Å²) >= 11 is 5.78. The first kappa shape index (κ1) is 11.8. The Morgan fingerprint density at radius 1 is 1.29 bits per heavy atom. The molecule has 0 fully saturated rings. The van der Waals surface area contributed by atoms with Crippen LogP contribution in [0.15, 0.2) is 30.6 Å². The second-order valence-electron chi connectivity index (χ2n) is 3.21. The third-order valence-electron chi connectivity index (χ3n) is 1.96. The molecule has 2 aromatic rings. The highest BCUT2D eigenvalue weighted by Crippen LogP contribution is 2.27. The van der Waals surface area contributed by atoms with Gasteiger partial charge in [-0.25, -0.2) is 14.4 Å². The number of aliphatic hydroxyl groups excluding tert-OH is 1. The fourth-order valence-electron chi connectivity index (χ4n) is 1.13. The maximum atomic E-state index is 12.8. The number of hydrogen-bond acceptors (Lipinski definition) is 4. The van der Waals surface area contributed by atoms with Crippen LogP contribution in [0.5, 0.6) is 11.8 Å². The topological polar surface area (TPSA) is 55.2 Å². The highest BCUT2D eigenvalue weighted by molar-refractivity contribution is 6.32. The molecular weight excluding hydrogens is 247 g/mol. The van der Waals surface area contributed by atoms with Gasteiger partial charge in [-0.1, -0.05) is 11.6 Å². The molecule has 0 unspecified atom stereocenters. The summed E-state index contributed by atoms with van der Waals surface area (Å²) in [7, 11) is 0. The molecule has 2 rings (SSSR count). The molecule has 1 heterocycles. The van der Waals surface area contributed by atoms with Crippen LogP contribution in [0.25, 0.3) is 0 Å². The molecule has 0 aliphatic rings. The van der Waals surface area contributed by atoms with Crippen molar-refractivity contribution in [1.29, 1.82) is 0 Å². The summed E-state index contributed by atoms with van der Waals surface area (Å²) in [6, 6.07) is 3.83. The molecule has 0 amide bonds. The lowest BCUT2D eigenvalue weighted by Crippen LogP contribution is -1.94. The minimum atomic E-state index is -0.445. The normalized spacial score (nSPS) is 10.3. The van der Waals surface area contributed by atoms with E-state index < -0.39 is 5.82 Å². The number of halogens is 2. The molecule has 0 aliphatic carbocycles. The first-order valence-electron chi connectivity index (χ1n) is 4.73. The second kappa shape index (κ2) is 5.07. The Labute approximate surface area is 102 Å². The zero-order valence-electron chi connectivity index (χ0n) is 8.60. The number of aliphatic hydroxyl groups is 1. The third-order valence-corrected chi connectivity index (χ3v) is 2.25. The van der Waals surface area contributed by atoms with Crippen LogP contribution in [0.2, 0.25) is 5.02 Å². The van der Waals surface area contributed by atoms with E-state index in [-0.39, 0.29) is 23.4 Å². The predicted octanol–water partition coefficient (Wildman–Crippen LogP) is 2.55. The van der Waals surface area contributed by atoms with Crippen LogP contribution >= 0.6 is 11.6 Å². The molecule has 4 nitrogen and oxygen atoms in total. The molecule has 88 valence electrons. The van der Waals surface area contributed by atoms with Crippen molar-refractivity contribution in [1.82, 2.24) is 9.97 Å². The van der Waals surface area contributed by atoms with Gasteiger partial charge in [0.25, 0.3) is 0 Å². The Morgan fingerprint density at radius 2 is 2.00 bits per heavy atom. The van der Waals surface area contributed by atoms with E-state index in [1.807, 2.05) is 0 Å². The van der Waals surface area contributed by atoms with Crippen molar-refractivity contribution in [2.24, 2.45) is 0 Å². The van der Waals surface area contributed by atoms with Crippen molar-refractivity contribution in [3.05, 3.63) is 47.0 Å². The zero-order chi connectivity index (χ0) is 12.3. The van der Waals surface area contributed by atoms with Gasteiger partial charge in [-0.2, -0.15) is 0 Å². The number of aromatic nitrogens is 2. The largest absolute Gasteiger partial charge is 0.423 e. The number of ether oxygens (including phenoxy) is 1. The van der Waals surface area contributed by atoms with Crippen LogP contribution in [-0.2, 0) is 6.61 Å². The highest BCUT2D eigenvalue weighted by atomic mass is 35.5.